The number of aldehydes is 1. The second kappa shape index (κ2) is 4.78. The third-order valence-electron chi connectivity index (χ3n) is 3.88. The molecule has 23 heavy (non-hydrogen) atoms. The Morgan fingerprint density at radius 2 is 2.22 bits per heavy atom. The number of hydrogen-bond donors (Lipinski definition) is 0. The smallest absolute Gasteiger partial charge is 0.172 e. The molecule has 2 aromatic heterocycles. The molecule has 0 N–H and O–H groups in total. The van der Waals surface area contributed by atoms with Crippen molar-refractivity contribution in [2.75, 3.05) is 7.11 Å². The summed E-state index contributed by atoms with van der Waals surface area (Å²) < 4.78 is 8.71. The lowest BCUT2D eigenvalue weighted by Gasteiger charge is -2.11. The first kappa shape index (κ1) is 13.2. The lowest BCUT2D eigenvalue weighted by molar-refractivity contribution is 0.111. The second-order valence-corrected chi connectivity index (χ2v) is 5.00. The van der Waals surface area contributed by atoms with Crippen molar-refractivity contribution in [2.24, 2.45) is 0 Å². The fourth-order valence-electron chi connectivity index (χ4n) is 2.77. The Labute approximate surface area is 130 Å². The minimum absolute atomic E-state index is 0.248. The van der Waals surface area contributed by atoms with E-state index in [-0.39, 0.29) is 5.69 Å². The zero-order chi connectivity index (χ0) is 16.0. The number of nitriles is 1. The minimum atomic E-state index is 0.248. The first-order valence-electron chi connectivity index (χ1n) is 6.81. The predicted octanol–water partition coefficient (Wildman–Crippen LogP) is 1.05. The highest BCUT2D eigenvalue weighted by molar-refractivity contribution is 5.74. The van der Waals surface area contributed by atoms with Crippen molar-refractivity contribution in [3.8, 4) is 23.2 Å². The van der Waals surface area contributed by atoms with E-state index >= 15 is 0 Å². The average Bonchev–Trinajstić information content (AvgIpc) is 3.15. The predicted molar refractivity (Wildman–Crippen MR) is 77.9 cm³/mol. The maximum absolute atomic E-state index is 11.3. The molecule has 0 saturated heterocycles. The summed E-state index contributed by atoms with van der Waals surface area (Å²) in [6.07, 6.45) is 2.59. The molecular weight excluding hydrogens is 296 g/mol. The molecule has 0 bridgehead atoms. The molecule has 0 fully saturated rings. The summed E-state index contributed by atoms with van der Waals surface area (Å²) in [6, 6.07) is 7.57. The summed E-state index contributed by atoms with van der Waals surface area (Å²) in [5.41, 5.74) is 3.38. The Morgan fingerprint density at radius 3 is 2.96 bits per heavy atom. The van der Waals surface area contributed by atoms with E-state index in [1.54, 1.807) is 18.1 Å². The molecule has 8 heteroatoms. The van der Waals surface area contributed by atoms with Crippen molar-refractivity contribution >= 4 is 6.29 Å². The van der Waals surface area contributed by atoms with Gasteiger partial charge < -0.3 is 4.74 Å². The van der Waals surface area contributed by atoms with Gasteiger partial charge in [-0.15, -0.1) is 5.10 Å². The van der Waals surface area contributed by atoms with Gasteiger partial charge in [-0.2, -0.15) is 5.26 Å². The van der Waals surface area contributed by atoms with Gasteiger partial charge in [-0.3, -0.25) is 9.36 Å². The van der Waals surface area contributed by atoms with Crippen molar-refractivity contribution in [3.63, 3.8) is 0 Å². The Balaban J connectivity index is 2.10. The van der Waals surface area contributed by atoms with E-state index < -0.39 is 0 Å². The molecule has 1 aromatic carbocycles. The number of rotatable bonds is 2. The number of carbonyl (C=O) groups excluding carboxylic acids is 1. The number of hydrogen-bond acceptors (Lipinski definition) is 6. The van der Waals surface area contributed by atoms with Gasteiger partial charge in [-0.25, -0.2) is 9.67 Å². The van der Waals surface area contributed by atoms with Crippen LogP contribution in [0.2, 0.25) is 0 Å². The Hall–Kier alpha value is -3.47. The molecular formula is C15H10N6O2. The van der Waals surface area contributed by atoms with Crippen molar-refractivity contribution in [1.29, 1.82) is 5.26 Å². The van der Waals surface area contributed by atoms with E-state index in [1.165, 1.54) is 0 Å². The lowest BCUT2D eigenvalue weighted by Crippen LogP contribution is -2.04. The monoisotopic (exact) mass is 306 g/mol. The molecule has 3 heterocycles. The van der Waals surface area contributed by atoms with Crippen molar-refractivity contribution < 1.29 is 9.53 Å². The molecule has 1 aliphatic heterocycles. The van der Waals surface area contributed by atoms with E-state index in [1.807, 2.05) is 22.8 Å². The summed E-state index contributed by atoms with van der Waals surface area (Å²) in [5.74, 6) is 0.655. The Kier molecular flexibility index (Phi) is 2.74. The molecule has 0 saturated carbocycles. The highest BCUT2D eigenvalue weighted by atomic mass is 16.5. The third kappa shape index (κ3) is 1.77. The van der Waals surface area contributed by atoms with Gasteiger partial charge in [0, 0.05) is 12.5 Å². The number of aromatic nitrogens is 5. The van der Waals surface area contributed by atoms with Gasteiger partial charge in [-0.05, 0) is 12.1 Å². The minimum Gasteiger partial charge on any atom is -0.497 e. The number of benzene rings is 1. The lowest BCUT2D eigenvalue weighted by atomic mass is 10.1. The summed E-state index contributed by atoms with van der Waals surface area (Å²) >= 11 is 0. The largest absolute Gasteiger partial charge is 0.497 e. The van der Waals surface area contributed by atoms with Crippen LogP contribution in [-0.2, 0) is 6.42 Å². The van der Waals surface area contributed by atoms with Crippen LogP contribution in [0.15, 0.2) is 24.5 Å². The van der Waals surface area contributed by atoms with Gasteiger partial charge in [0.15, 0.2) is 12.0 Å². The van der Waals surface area contributed by atoms with Gasteiger partial charge in [0.05, 0.1) is 29.9 Å². The topological polar surface area (TPSA) is 98.6 Å². The van der Waals surface area contributed by atoms with Crippen LogP contribution in [0.4, 0.5) is 0 Å². The van der Waals surface area contributed by atoms with Crippen LogP contribution in [0.25, 0.3) is 11.4 Å². The molecule has 0 atom stereocenters. The fraction of sp³-hybridized carbons (Fsp3) is 0.133. The molecule has 0 aliphatic carbocycles. The maximum Gasteiger partial charge on any atom is 0.172 e. The van der Waals surface area contributed by atoms with Crippen molar-refractivity contribution in [1.82, 2.24) is 24.5 Å². The van der Waals surface area contributed by atoms with Crippen LogP contribution >= 0.6 is 0 Å². The van der Waals surface area contributed by atoms with Gasteiger partial charge in [0.2, 0.25) is 0 Å². The zero-order valence-corrected chi connectivity index (χ0v) is 12.1. The molecule has 0 amide bonds. The molecule has 0 radical (unpaired) electrons. The molecule has 4 rings (SSSR count). The summed E-state index contributed by atoms with van der Waals surface area (Å²) in [6.45, 7) is 0. The first-order valence-corrected chi connectivity index (χ1v) is 6.81. The van der Waals surface area contributed by atoms with Crippen LogP contribution in [0, 0.1) is 11.3 Å². The van der Waals surface area contributed by atoms with Crippen molar-refractivity contribution in [3.05, 3.63) is 47.3 Å². The highest BCUT2D eigenvalue weighted by Crippen LogP contribution is 2.31. The normalized spacial score (nSPS) is 11.7. The van der Waals surface area contributed by atoms with E-state index in [4.69, 9.17) is 4.74 Å². The zero-order valence-electron chi connectivity index (χ0n) is 12.1. The number of ether oxygens (including phenoxy) is 1. The summed E-state index contributed by atoms with van der Waals surface area (Å²) in [4.78, 5) is 15.4. The number of imidazole rings is 1. The number of methoxy groups -OCH3 is 1. The Morgan fingerprint density at radius 1 is 1.35 bits per heavy atom. The van der Waals surface area contributed by atoms with Gasteiger partial charge >= 0.3 is 0 Å². The molecule has 112 valence electrons. The molecule has 8 nitrogen and oxygen atoms in total. The number of nitrogens with zero attached hydrogens (tertiary/aromatic N) is 6. The molecule has 0 unspecified atom stereocenters. The average molecular weight is 306 g/mol. The molecule has 3 aromatic rings. The molecule has 0 spiro atoms. The Bertz CT molecular complexity index is 979. The fourth-order valence-corrected chi connectivity index (χ4v) is 2.77. The molecule has 1 aliphatic rings. The van der Waals surface area contributed by atoms with E-state index in [0.29, 0.717) is 41.2 Å². The highest BCUT2D eigenvalue weighted by Gasteiger charge is 2.26. The van der Waals surface area contributed by atoms with E-state index in [0.717, 1.165) is 5.69 Å². The summed E-state index contributed by atoms with van der Waals surface area (Å²) in [7, 11) is 1.58. The van der Waals surface area contributed by atoms with Gasteiger partial charge in [-0.1, -0.05) is 5.21 Å². The van der Waals surface area contributed by atoms with Crippen LogP contribution < -0.4 is 4.74 Å². The standard InChI is InChI=1S/C15H10N6O2/c1-23-9-2-3-12-15(4-9)21-14(11(7-22)18-19-21)5-13-10(6-16)17-8-20(12)13/h2-4,7-8H,5H2,1H3. The number of fused-ring (bicyclic) bond motifs is 5. The van der Waals surface area contributed by atoms with E-state index in [2.05, 4.69) is 21.4 Å². The van der Waals surface area contributed by atoms with E-state index in [9.17, 15) is 10.1 Å². The third-order valence-corrected chi connectivity index (χ3v) is 3.88. The van der Waals surface area contributed by atoms with Crippen LogP contribution in [0.1, 0.15) is 27.6 Å². The van der Waals surface area contributed by atoms with Crippen LogP contribution in [0.5, 0.6) is 5.75 Å². The van der Waals surface area contributed by atoms with Gasteiger partial charge in [0.25, 0.3) is 0 Å². The maximum atomic E-state index is 11.3. The second-order valence-electron chi connectivity index (χ2n) is 5.00. The van der Waals surface area contributed by atoms with Gasteiger partial charge in [0.1, 0.15) is 23.8 Å². The number of carbonyl (C=O) groups is 1. The SMILES string of the molecule is COc1ccc2c(c1)-n1nnc(C=O)c1Cc1c(C#N)ncn1-2. The van der Waals surface area contributed by atoms with Crippen LogP contribution in [0.3, 0.4) is 0 Å². The first-order chi connectivity index (χ1) is 11.3. The quantitative estimate of drug-likeness (QED) is 0.513. The summed E-state index contributed by atoms with van der Waals surface area (Å²) in [5, 5.41) is 17.3. The van der Waals surface area contributed by atoms with Crippen molar-refractivity contribution in [2.45, 2.75) is 6.42 Å². The van der Waals surface area contributed by atoms with Crippen LogP contribution in [-0.4, -0.2) is 37.9 Å².